The van der Waals surface area contributed by atoms with Gasteiger partial charge >= 0.3 is 0 Å². The molecule has 0 spiro atoms. The standard InChI is InChI=1S/C18H28N4O2S.HI/c1-3-19-18(21-16-8-10-25(23,24)13-16)20-12-14-6-7-17-15(11-14)5-4-9-22(17)2;/h6-7,11,16H,3-5,8-10,12-13H2,1-2H3,(H2,19,20,21);1H. The maximum absolute atomic E-state index is 11.6. The second kappa shape index (κ2) is 9.25. The molecule has 2 aliphatic heterocycles. The third-order valence-electron chi connectivity index (χ3n) is 4.83. The van der Waals surface area contributed by atoms with Gasteiger partial charge in [-0.1, -0.05) is 12.1 Å². The average molecular weight is 492 g/mol. The number of rotatable bonds is 4. The van der Waals surface area contributed by atoms with Crippen molar-refractivity contribution in [3.05, 3.63) is 29.3 Å². The molecule has 1 fully saturated rings. The highest BCUT2D eigenvalue weighted by molar-refractivity contribution is 14.0. The van der Waals surface area contributed by atoms with Crippen LogP contribution in [0.2, 0.25) is 0 Å². The smallest absolute Gasteiger partial charge is 0.191 e. The van der Waals surface area contributed by atoms with Gasteiger partial charge in [0.1, 0.15) is 0 Å². The Bertz CT molecular complexity index is 752. The monoisotopic (exact) mass is 492 g/mol. The molecule has 1 saturated heterocycles. The summed E-state index contributed by atoms with van der Waals surface area (Å²) < 4.78 is 23.2. The molecule has 6 nitrogen and oxygen atoms in total. The van der Waals surface area contributed by atoms with Crippen LogP contribution in [0.15, 0.2) is 23.2 Å². The van der Waals surface area contributed by atoms with Crippen molar-refractivity contribution in [3.63, 3.8) is 0 Å². The van der Waals surface area contributed by atoms with E-state index in [9.17, 15) is 8.42 Å². The lowest BCUT2D eigenvalue weighted by Crippen LogP contribution is -2.44. The van der Waals surface area contributed by atoms with Gasteiger partial charge in [0.15, 0.2) is 15.8 Å². The second-order valence-corrected chi connectivity index (χ2v) is 9.16. The summed E-state index contributed by atoms with van der Waals surface area (Å²) in [4.78, 5) is 6.95. The molecule has 0 amide bonds. The zero-order valence-corrected chi connectivity index (χ0v) is 18.6. The van der Waals surface area contributed by atoms with Crippen molar-refractivity contribution >= 4 is 45.5 Å². The molecule has 1 atom stereocenters. The van der Waals surface area contributed by atoms with Gasteiger partial charge in [0.25, 0.3) is 0 Å². The number of guanidine groups is 1. The van der Waals surface area contributed by atoms with Crippen LogP contribution >= 0.6 is 24.0 Å². The minimum absolute atomic E-state index is 0. The summed E-state index contributed by atoms with van der Waals surface area (Å²) in [6, 6.07) is 6.52. The number of sulfone groups is 1. The van der Waals surface area contributed by atoms with Gasteiger partial charge in [-0.3, -0.25) is 0 Å². The normalized spacial score (nSPS) is 21.7. The van der Waals surface area contributed by atoms with E-state index in [1.54, 1.807) is 0 Å². The molecule has 1 aromatic carbocycles. The number of nitrogens with zero attached hydrogens (tertiary/aromatic N) is 2. The number of anilines is 1. The molecule has 0 aromatic heterocycles. The van der Waals surface area contributed by atoms with Crippen molar-refractivity contribution < 1.29 is 8.42 Å². The second-order valence-electron chi connectivity index (χ2n) is 6.93. The lowest BCUT2D eigenvalue weighted by Gasteiger charge is -2.27. The largest absolute Gasteiger partial charge is 0.374 e. The molecule has 2 heterocycles. The van der Waals surface area contributed by atoms with Crippen LogP contribution in [-0.4, -0.2) is 52.1 Å². The lowest BCUT2D eigenvalue weighted by molar-refractivity contribution is 0.599. The van der Waals surface area contributed by atoms with Crippen molar-refractivity contribution in [2.24, 2.45) is 4.99 Å². The van der Waals surface area contributed by atoms with E-state index in [1.807, 2.05) is 6.92 Å². The van der Waals surface area contributed by atoms with Crippen molar-refractivity contribution in [2.45, 2.75) is 38.8 Å². The van der Waals surface area contributed by atoms with Gasteiger partial charge in [-0.15, -0.1) is 24.0 Å². The number of hydrogen-bond acceptors (Lipinski definition) is 4. The number of hydrogen-bond donors (Lipinski definition) is 2. The van der Waals surface area contributed by atoms with E-state index in [2.05, 4.69) is 45.8 Å². The molecule has 2 aliphatic rings. The fourth-order valence-corrected chi connectivity index (χ4v) is 5.20. The number of aryl methyl sites for hydroxylation is 1. The maximum Gasteiger partial charge on any atom is 0.191 e. The molecule has 0 radical (unpaired) electrons. The molecule has 8 heteroatoms. The fraction of sp³-hybridized carbons (Fsp3) is 0.611. The first-order chi connectivity index (χ1) is 12.0. The highest BCUT2D eigenvalue weighted by atomic mass is 127. The van der Waals surface area contributed by atoms with Crippen molar-refractivity contribution in [3.8, 4) is 0 Å². The number of benzene rings is 1. The first-order valence-electron chi connectivity index (χ1n) is 9.05. The van der Waals surface area contributed by atoms with Gasteiger partial charge in [0.05, 0.1) is 18.1 Å². The molecule has 1 unspecified atom stereocenters. The number of nitrogens with one attached hydrogen (secondary N) is 2. The maximum atomic E-state index is 11.6. The van der Waals surface area contributed by atoms with E-state index in [0.29, 0.717) is 18.9 Å². The molecule has 2 N–H and O–H groups in total. The molecule has 0 bridgehead atoms. The average Bonchev–Trinajstić information content (AvgIpc) is 2.91. The molecule has 1 aromatic rings. The Labute approximate surface area is 173 Å². The Kier molecular flexibility index (Phi) is 7.57. The summed E-state index contributed by atoms with van der Waals surface area (Å²) in [6.45, 7) is 4.46. The number of halogens is 1. The molecule has 0 saturated carbocycles. The van der Waals surface area contributed by atoms with E-state index in [0.717, 1.165) is 19.5 Å². The quantitative estimate of drug-likeness (QED) is 0.382. The Balaban J connectivity index is 0.00000243. The van der Waals surface area contributed by atoms with Crippen molar-refractivity contribution in [2.75, 3.05) is 36.5 Å². The summed E-state index contributed by atoms with van der Waals surface area (Å²) in [6.07, 6.45) is 2.96. The van der Waals surface area contributed by atoms with Gasteiger partial charge < -0.3 is 15.5 Å². The predicted octanol–water partition coefficient (Wildman–Crippen LogP) is 1.93. The van der Waals surface area contributed by atoms with Crippen LogP contribution in [0.4, 0.5) is 5.69 Å². The first-order valence-corrected chi connectivity index (χ1v) is 10.9. The molecule has 3 rings (SSSR count). The lowest BCUT2D eigenvalue weighted by atomic mass is 10.00. The van der Waals surface area contributed by atoms with Crippen LogP contribution in [0.1, 0.15) is 30.9 Å². The highest BCUT2D eigenvalue weighted by Crippen LogP contribution is 2.27. The van der Waals surface area contributed by atoms with Crippen LogP contribution in [0, 0.1) is 0 Å². The van der Waals surface area contributed by atoms with E-state index < -0.39 is 9.84 Å². The van der Waals surface area contributed by atoms with E-state index >= 15 is 0 Å². The van der Waals surface area contributed by atoms with Gasteiger partial charge in [0, 0.05) is 31.9 Å². The number of aliphatic imine (C=N–C) groups is 1. The predicted molar refractivity (Wildman–Crippen MR) is 118 cm³/mol. The Morgan fingerprint density at radius 1 is 1.38 bits per heavy atom. The molecular weight excluding hydrogens is 463 g/mol. The first kappa shape index (κ1) is 21.3. The zero-order valence-electron chi connectivity index (χ0n) is 15.5. The summed E-state index contributed by atoms with van der Waals surface area (Å²) in [5, 5.41) is 6.48. The number of fused-ring (bicyclic) bond motifs is 1. The minimum Gasteiger partial charge on any atom is -0.374 e. The highest BCUT2D eigenvalue weighted by Gasteiger charge is 2.28. The minimum atomic E-state index is -2.89. The van der Waals surface area contributed by atoms with Gasteiger partial charge in [-0.2, -0.15) is 0 Å². The fourth-order valence-electron chi connectivity index (χ4n) is 3.53. The Hall–Kier alpha value is -1.03. The van der Waals surface area contributed by atoms with Crippen LogP contribution < -0.4 is 15.5 Å². The Morgan fingerprint density at radius 3 is 2.88 bits per heavy atom. The Morgan fingerprint density at radius 2 is 2.19 bits per heavy atom. The van der Waals surface area contributed by atoms with E-state index in [-0.39, 0.29) is 41.5 Å². The summed E-state index contributed by atoms with van der Waals surface area (Å²) in [7, 11) is -0.751. The van der Waals surface area contributed by atoms with Crippen LogP contribution in [0.25, 0.3) is 0 Å². The topological polar surface area (TPSA) is 73.8 Å². The van der Waals surface area contributed by atoms with Crippen LogP contribution in [0.5, 0.6) is 0 Å². The van der Waals surface area contributed by atoms with Gasteiger partial charge in [-0.25, -0.2) is 13.4 Å². The molecular formula is C18H29IN4O2S. The van der Waals surface area contributed by atoms with E-state index in [1.165, 1.54) is 23.2 Å². The molecule has 0 aliphatic carbocycles. The summed E-state index contributed by atoms with van der Waals surface area (Å²) in [5.41, 5.74) is 3.90. The third kappa shape index (κ3) is 5.48. The van der Waals surface area contributed by atoms with Crippen LogP contribution in [-0.2, 0) is 22.8 Å². The van der Waals surface area contributed by atoms with Crippen LogP contribution in [0.3, 0.4) is 0 Å². The van der Waals surface area contributed by atoms with Crippen molar-refractivity contribution in [1.82, 2.24) is 10.6 Å². The molecule has 146 valence electrons. The third-order valence-corrected chi connectivity index (χ3v) is 6.60. The van der Waals surface area contributed by atoms with Gasteiger partial charge in [0.2, 0.25) is 0 Å². The molecule has 26 heavy (non-hydrogen) atoms. The van der Waals surface area contributed by atoms with Gasteiger partial charge in [-0.05, 0) is 43.4 Å². The zero-order chi connectivity index (χ0) is 17.9. The van der Waals surface area contributed by atoms with Crippen molar-refractivity contribution in [1.29, 1.82) is 0 Å². The van der Waals surface area contributed by atoms with E-state index in [4.69, 9.17) is 0 Å². The summed E-state index contributed by atoms with van der Waals surface area (Å²) >= 11 is 0. The SMILES string of the molecule is CCNC(=NCc1ccc2c(c1)CCCN2C)NC1CCS(=O)(=O)C1.I. The summed E-state index contributed by atoms with van der Waals surface area (Å²) in [5.74, 6) is 1.16.